The van der Waals surface area contributed by atoms with Crippen LogP contribution in [0.25, 0.3) is 0 Å². The fraction of sp³-hybridized carbons (Fsp3) is 0.875. The van der Waals surface area contributed by atoms with Crippen molar-refractivity contribution in [3.63, 3.8) is 0 Å². The van der Waals surface area contributed by atoms with Crippen LogP contribution in [0.4, 0.5) is 17.7 Å². The summed E-state index contributed by atoms with van der Waals surface area (Å²) in [5.74, 6) is 0. The number of hydrogen-bond acceptors (Lipinski definition) is 2. The fourth-order valence-corrected chi connectivity index (χ4v) is 0.771. The number of carbonyl (C=O) groups is 1. The molecule has 0 atom stereocenters. The third kappa shape index (κ3) is 11.3. The van der Waals surface area contributed by atoms with E-state index in [1.165, 1.54) is 7.05 Å². The third-order valence-corrected chi connectivity index (χ3v) is 1.50. The number of carbonyl (C=O) groups excluding carboxylic acids is 1. The minimum Gasteiger partial charge on any atom is -0.449 e. The molecule has 90 valence electrons. The fourth-order valence-electron chi connectivity index (χ4n) is 0.771. The van der Waals surface area contributed by atoms with Gasteiger partial charge in [-0.15, -0.1) is 0 Å². The Balaban J connectivity index is 0. The van der Waals surface area contributed by atoms with Crippen LogP contribution in [0.3, 0.4) is 0 Å². The Kier molecular flexibility index (Phi) is 8.66. The van der Waals surface area contributed by atoms with E-state index in [2.05, 4.69) is 0 Å². The van der Waals surface area contributed by atoms with Crippen LogP contribution < -0.4 is 51.4 Å². The van der Waals surface area contributed by atoms with E-state index in [1.54, 1.807) is 20.8 Å². The summed E-state index contributed by atoms with van der Waals surface area (Å²) in [6, 6.07) is 0. The maximum absolute atomic E-state index is 11.9. The van der Waals surface area contributed by atoms with Crippen LogP contribution in [0.2, 0.25) is 6.32 Å². The molecule has 0 spiro atoms. The van der Waals surface area contributed by atoms with Crippen molar-refractivity contribution in [2.24, 2.45) is 0 Å². The molecule has 0 rings (SSSR count). The topological polar surface area (TPSA) is 29.5 Å². The minimum absolute atomic E-state index is 0. The largest absolute Gasteiger partial charge is 1.00 e. The van der Waals surface area contributed by atoms with Gasteiger partial charge in [-0.1, -0.05) is 6.32 Å². The van der Waals surface area contributed by atoms with E-state index in [4.69, 9.17) is 4.74 Å². The van der Waals surface area contributed by atoms with Crippen LogP contribution in [0.5, 0.6) is 0 Å². The molecule has 0 aromatic carbocycles. The van der Waals surface area contributed by atoms with E-state index in [1.807, 2.05) is 0 Å². The Morgan fingerprint density at radius 3 is 2.06 bits per heavy atom. The molecule has 0 N–H and O–H groups in total. The molecule has 3 nitrogen and oxygen atoms in total. The summed E-state index contributed by atoms with van der Waals surface area (Å²) in [5, 5.41) is 0. The molecule has 0 bridgehead atoms. The first kappa shape index (κ1) is 19.1. The molecule has 0 aliphatic carbocycles. The predicted octanol–water partition coefficient (Wildman–Crippen LogP) is -0.295. The molecule has 0 aliphatic rings. The number of rotatable bonds is 3. The Morgan fingerprint density at radius 1 is 1.31 bits per heavy atom. The molecule has 0 radical (unpaired) electrons. The maximum atomic E-state index is 11.9. The van der Waals surface area contributed by atoms with Gasteiger partial charge < -0.3 is 22.6 Å². The second-order valence-corrected chi connectivity index (χ2v) is 4.40. The van der Waals surface area contributed by atoms with Crippen molar-refractivity contribution < 1.29 is 73.9 Å². The van der Waals surface area contributed by atoms with Crippen molar-refractivity contribution in [1.82, 2.24) is 4.90 Å². The monoisotopic (exact) mass is 265 g/mol. The first-order valence-corrected chi connectivity index (χ1v) is 4.66. The van der Waals surface area contributed by atoms with Crippen molar-refractivity contribution in [2.75, 3.05) is 13.6 Å². The molecule has 0 aliphatic heterocycles. The number of halogens is 3. The Hall–Kier alpha value is 0.761. The van der Waals surface area contributed by atoms with E-state index >= 15 is 0 Å². The van der Waals surface area contributed by atoms with Gasteiger partial charge in [0.2, 0.25) is 0 Å². The van der Waals surface area contributed by atoms with Gasteiger partial charge in [-0.3, -0.25) is 0 Å². The molecular formula is C8H16BF3KNO2. The minimum atomic E-state index is -4.85. The van der Waals surface area contributed by atoms with Crippen LogP contribution in [0.15, 0.2) is 0 Å². The first-order chi connectivity index (χ1) is 6.51. The van der Waals surface area contributed by atoms with Gasteiger partial charge in [-0.25, -0.2) is 4.79 Å². The first-order valence-electron chi connectivity index (χ1n) is 4.66. The van der Waals surface area contributed by atoms with E-state index in [9.17, 15) is 17.7 Å². The summed E-state index contributed by atoms with van der Waals surface area (Å²) in [6.45, 7) is -0.233. The van der Waals surface area contributed by atoms with Gasteiger partial charge in [-0.05, 0) is 27.3 Å². The van der Waals surface area contributed by atoms with Crippen molar-refractivity contribution in [3.05, 3.63) is 0 Å². The van der Waals surface area contributed by atoms with Crippen LogP contribution in [0.1, 0.15) is 20.8 Å². The van der Waals surface area contributed by atoms with Crippen LogP contribution in [0, 0.1) is 0 Å². The molecule has 0 aromatic rings. The van der Waals surface area contributed by atoms with Gasteiger partial charge in [0.15, 0.2) is 0 Å². The average molecular weight is 265 g/mol. The molecule has 0 heterocycles. The average Bonchev–Trinajstić information content (AvgIpc) is 1.95. The van der Waals surface area contributed by atoms with Gasteiger partial charge in [0, 0.05) is 7.05 Å². The van der Waals surface area contributed by atoms with Gasteiger partial charge in [0.05, 0.1) is 0 Å². The number of nitrogens with zero attached hydrogens (tertiary/aromatic N) is 1. The Bertz CT molecular complexity index is 230. The number of amides is 1. The summed E-state index contributed by atoms with van der Waals surface area (Å²) in [7, 11) is 1.29. The van der Waals surface area contributed by atoms with Crippen LogP contribution >= 0.6 is 0 Å². The van der Waals surface area contributed by atoms with Crippen molar-refractivity contribution >= 4 is 13.1 Å². The zero-order chi connectivity index (χ0) is 12.3. The molecule has 8 heteroatoms. The summed E-state index contributed by atoms with van der Waals surface area (Å²) < 4.78 is 40.6. The predicted molar refractivity (Wildman–Crippen MR) is 52.7 cm³/mol. The second-order valence-electron chi connectivity index (χ2n) is 4.40. The second kappa shape index (κ2) is 7.25. The smallest absolute Gasteiger partial charge is 0.449 e. The number of hydrogen-bond donors (Lipinski definition) is 0. The molecular weight excluding hydrogens is 249 g/mol. The molecule has 0 saturated carbocycles. The molecule has 1 amide bonds. The van der Waals surface area contributed by atoms with E-state index in [0.29, 0.717) is 0 Å². The van der Waals surface area contributed by atoms with E-state index in [-0.39, 0.29) is 57.9 Å². The van der Waals surface area contributed by atoms with Crippen molar-refractivity contribution in [3.8, 4) is 0 Å². The van der Waals surface area contributed by atoms with Crippen LogP contribution in [-0.4, -0.2) is 37.2 Å². The van der Waals surface area contributed by atoms with Crippen molar-refractivity contribution in [1.29, 1.82) is 0 Å². The maximum Gasteiger partial charge on any atom is 1.00 e. The van der Waals surface area contributed by atoms with E-state index in [0.717, 1.165) is 4.90 Å². The summed E-state index contributed by atoms with van der Waals surface area (Å²) >= 11 is 0. The SMILES string of the molecule is CN(CC[B-](F)(F)F)C(=O)OC(C)(C)C.[K+]. The molecule has 0 unspecified atom stereocenters. The zero-order valence-electron chi connectivity index (χ0n) is 10.4. The standard InChI is InChI=1S/C8H16BF3NO2.K/c1-8(2,3)15-7(14)13(4)6-5-9(10,11)12;/h5-6H2,1-4H3;/q-1;+1. The Morgan fingerprint density at radius 2 is 1.75 bits per heavy atom. The summed E-state index contributed by atoms with van der Waals surface area (Å²) in [5.41, 5.74) is -0.686. The van der Waals surface area contributed by atoms with Gasteiger partial charge in [0.25, 0.3) is 0 Å². The molecule has 16 heavy (non-hydrogen) atoms. The van der Waals surface area contributed by atoms with Gasteiger partial charge in [0.1, 0.15) is 5.60 Å². The van der Waals surface area contributed by atoms with Gasteiger partial charge in [-0.2, -0.15) is 0 Å². The Labute approximate surface area is 137 Å². The molecule has 0 saturated heterocycles. The van der Waals surface area contributed by atoms with Crippen molar-refractivity contribution in [2.45, 2.75) is 32.7 Å². The molecule has 0 fully saturated rings. The summed E-state index contributed by atoms with van der Waals surface area (Å²) in [4.78, 5) is 12.1. The zero-order valence-corrected chi connectivity index (χ0v) is 13.5. The quantitative estimate of drug-likeness (QED) is 0.656. The normalized spacial score (nSPS) is 11.7. The molecule has 0 aromatic heterocycles. The van der Waals surface area contributed by atoms with Gasteiger partial charge >= 0.3 is 64.5 Å². The third-order valence-electron chi connectivity index (χ3n) is 1.50. The summed E-state index contributed by atoms with van der Waals surface area (Å²) in [6.07, 6.45) is -1.70. The number of ether oxygens (including phenoxy) is 1. The van der Waals surface area contributed by atoms with Crippen LogP contribution in [-0.2, 0) is 4.74 Å². The van der Waals surface area contributed by atoms with E-state index < -0.39 is 25.0 Å².